The van der Waals surface area contributed by atoms with Gasteiger partial charge < -0.3 is 4.52 Å². The Balaban J connectivity index is 1.71. The average Bonchev–Trinajstić information content (AvgIpc) is 3.02. The molecular formula is C14H18N6OS. The van der Waals surface area contributed by atoms with Gasteiger partial charge in [0, 0.05) is 17.8 Å². The highest BCUT2D eigenvalue weighted by atomic mass is 32.2. The standard InChI is InChI=1S/C14H18N6OS/c1-8(2)5-11-16-12(21-19-11)7-22-14-17-13-15-9(3)6-10(4)20(13)18-14/h6,8H,5,7H2,1-4H3. The second-order valence-electron chi connectivity index (χ2n) is 5.64. The monoisotopic (exact) mass is 318 g/mol. The molecule has 0 aliphatic heterocycles. The Labute approximate surface area is 132 Å². The maximum absolute atomic E-state index is 5.24. The van der Waals surface area contributed by atoms with Crippen molar-refractivity contribution < 1.29 is 4.52 Å². The van der Waals surface area contributed by atoms with Crippen molar-refractivity contribution in [1.29, 1.82) is 0 Å². The molecule has 3 heterocycles. The zero-order chi connectivity index (χ0) is 15.7. The van der Waals surface area contributed by atoms with Crippen molar-refractivity contribution in [1.82, 2.24) is 29.7 Å². The smallest absolute Gasteiger partial charge is 0.253 e. The highest BCUT2D eigenvalue weighted by Gasteiger charge is 2.12. The predicted molar refractivity (Wildman–Crippen MR) is 82.7 cm³/mol. The molecule has 3 aromatic heterocycles. The summed E-state index contributed by atoms with van der Waals surface area (Å²) in [4.78, 5) is 13.2. The van der Waals surface area contributed by atoms with E-state index >= 15 is 0 Å². The first-order chi connectivity index (χ1) is 10.5. The van der Waals surface area contributed by atoms with E-state index < -0.39 is 0 Å². The molecule has 7 nitrogen and oxygen atoms in total. The fraction of sp³-hybridized carbons (Fsp3) is 0.500. The highest BCUT2D eigenvalue weighted by Crippen LogP contribution is 2.20. The zero-order valence-electron chi connectivity index (χ0n) is 13.1. The lowest BCUT2D eigenvalue weighted by atomic mass is 10.1. The summed E-state index contributed by atoms with van der Waals surface area (Å²) in [5.74, 6) is 3.03. The average molecular weight is 318 g/mol. The first-order valence-electron chi connectivity index (χ1n) is 7.16. The minimum Gasteiger partial charge on any atom is -0.338 e. The summed E-state index contributed by atoms with van der Waals surface area (Å²) in [6.07, 6.45) is 0.823. The molecule has 3 aromatic rings. The predicted octanol–water partition coefficient (Wildman–Crippen LogP) is 2.61. The second-order valence-corrected chi connectivity index (χ2v) is 6.58. The maximum atomic E-state index is 5.24. The van der Waals surface area contributed by atoms with Crippen molar-refractivity contribution in [2.24, 2.45) is 5.92 Å². The van der Waals surface area contributed by atoms with E-state index in [1.165, 1.54) is 11.8 Å². The number of rotatable bonds is 5. The second kappa shape index (κ2) is 6.04. The first kappa shape index (κ1) is 15.0. The van der Waals surface area contributed by atoms with Gasteiger partial charge in [0.2, 0.25) is 11.0 Å². The van der Waals surface area contributed by atoms with E-state index in [1.54, 1.807) is 4.52 Å². The molecule has 0 fully saturated rings. The van der Waals surface area contributed by atoms with Crippen molar-refractivity contribution in [3.05, 3.63) is 29.2 Å². The summed E-state index contributed by atoms with van der Waals surface area (Å²) in [6, 6.07) is 1.98. The maximum Gasteiger partial charge on any atom is 0.253 e. The number of nitrogens with zero attached hydrogens (tertiary/aromatic N) is 6. The Morgan fingerprint density at radius 1 is 1.23 bits per heavy atom. The highest BCUT2D eigenvalue weighted by molar-refractivity contribution is 7.98. The Hall–Kier alpha value is -1.96. The van der Waals surface area contributed by atoms with Crippen LogP contribution in [0.2, 0.25) is 0 Å². The third-order valence-corrected chi connectivity index (χ3v) is 3.85. The molecule has 0 aliphatic carbocycles. The van der Waals surface area contributed by atoms with Crippen LogP contribution in [0.5, 0.6) is 0 Å². The van der Waals surface area contributed by atoms with Gasteiger partial charge in [-0.3, -0.25) is 0 Å². The summed E-state index contributed by atoms with van der Waals surface area (Å²) in [7, 11) is 0. The largest absolute Gasteiger partial charge is 0.338 e. The van der Waals surface area contributed by atoms with Crippen LogP contribution in [0.3, 0.4) is 0 Å². The van der Waals surface area contributed by atoms with Crippen LogP contribution in [-0.2, 0) is 12.2 Å². The van der Waals surface area contributed by atoms with Crippen LogP contribution in [0.15, 0.2) is 15.7 Å². The lowest BCUT2D eigenvalue weighted by Crippen LogP contribution is -1.97. The van der Waals surface area contributed by atoms with Gasteiger partial charge >= 0.3 is 0 Å². The number of thioether (sulfide) groups is 1. The topological polar surface area (TPSA) is 82.0 Å². The van der Waals surface area contributed by atoms with Gasteiger partial charge in [0.15, 0.2) is 5.82 Å². The molecule has 0 N–H and O–H groups in total. The molecule has 22 heavy (non-hydrogen) atoms. The lowest BCUT2D eigenvalue weighted by molar-refractivity contribution is 0.382. The van der Waals surface area contributed by atoms with Gasteiger partial charge in [-0.2, -0.15) is 9.97 Å². The van der Waals surface area contributed by atoms with Crippen LogP contribution in [0, 0.1) is 19.8 Å². The van der Waals surface area contributed by atoms with Crippen LogP contribution in [0.1, 0.15) is 37.0 Å². The minimum atomic E-state index is 0.510. The molecule has 0 radical (unpaired) electrons. The molecule has 0 unspecified atom stereocenters. The van der Waals surface area contributed by atoms with Gasteiger partial charge in [-0.15, -0.1) is 5.10 Å². The fourth-order valence-electron chi connectivity index (χ4n) is 2.13. The van der Waals surface area contributed by atoms with Crippen LogP contribution in [-0.4, -0.2) is 29.7 Å². The lowest BCUT2D eigenvalue weighted by Gasteiger charge is -1.97. The summed E-state index contributed by atoms with van der Waals surface area (Å²) >= 11 is 1.47. The van der Waals surface area contributed by atoms with Crippen molar-refractivity contribution in [2.45, 2.75) is 45.0 Å². The van der Waals surface area contributed by atoms with Crippen molar-refractivity contribution >= 4 is 17.5 Å². The van der Waals surface area contributed by atoms with Crippen molar-refractivity contribution in [3.63, 3.8) is 0 Å². The number of fused-ring (bicyclic) bond motifs is 1. The molecule has 0 atom stereocenters. The van der Waals surface area contributed by atoms with E-state index in [9.17, 15) is 0 Å². The number of aromatic nitrogens is 6. The third-order valence-electron chi connectivity index (χ3n) is 3.02. The molecule has 0 spiro atoms. The van der Waals surface area contributed by atoms with E-state index in [0.717, 1.165) is 23.6 Å². The van der Waals surface area contributed by atoms with E-state index in [0.29, 0.717) is 28.5 Å². The normalized spacial score (nSPS) is 11.7. The molecule has 0 saturated heterocycles. The van der Waals surface area contributed by atoms with E-state index in [1.807, 2.05) is 19.9 Å². The minimum absolute atomic E-state index is 0.510. The summed E-state index contributed by atoms with van der Waals surface area (Å²) in [6.45, 7) is 8.19. The first-order valence-corrected chi connectivity index (χ1v) is 8.15. The molecular weight excluding hydrogens is 300 g/mol. The zero-order valence-corrected chi connectivity index (χ0v) is 13.9. The summed E-state index contributed by atoms with van der Waals surface area (Å²) < 4.78 is 6.99. The summed E-state index contributed by atoms with van der Waals surface area (Å²) in [5, 5.41) is 9.08. The Bertz CT molecular complexity index is 794. The Morgan fingerprint density at radius 3 is 2.82 bits per heavy atom. The van der Waals surface area contributed by atoms with E-state index in [2.05, 4.69) is 39.1 Å². The third kappa shape index (κ3) is 3.27. The number of aryl methyl sites for hydroxylation is 2. The molecule has 0 aliphatic rings. The molecule has 8 heteroatoms. The van der Waals surface area contributed by atoms with Crippen LogP contribution < -0.4 is 0 Å². The van der Waals surface area contributed by atoms with Gasteiger partial charge in [-0.25, -0.2) is 9.50 Å². The quantitative estimate of drug-likeness (QED) is 0.669. The van der Waals surface area contributed by atoms with Gasteiger partial charge in [0.25, 0.3) is 5.78 Å². The Morgan fingerprint density at radius 2 is 2.05 bits per heavy atom. The van der Waals surface area contributed by atoms with E-state index in [4.69, 9.17) is 4.52 Å². The van der Waals surface area contributed by atoms with E-state index in [-0.39, 0.29) is 0 Å². The van der Waals surface area contributed by atoms with Gasteiger partial charge in [0.05, 0.1) is 5.75 Å². The Kier molecular flexibility index (Phi) is 4.10. The molecule has 0 bridgehead atoms. The SMILES string of the molecule is Cc1cc(C)n2nc(SCc3nc(CC(C)C)no3)nc2n1. The summed E-state index contributed by atoms with van der Waals surface area (Å²) in [5.41, 5.74) is 1.95. The van der Waals surface area contributed by atoms with Crippen LogP contribution in [0.4, 0.5) is 0 Å². The molecule has 0 aromatic carbocycles. The van der Waals surface area contributed by atoms with Gasteiger partial charge in [-0.05, 0) is 25.8 Å². The van der Waals surface area contributed by atoms with Crippen molar-refractivity contribution in [2.75, 3.05) is 0 Å². The molecule has 0 amide bonds. The van der Waals surface area contributed by atoms with Crippen molar-refractivity contribution in [3.8, 4) is 0 Å². The van der Waals surface area contributed by atoms with Gasteiger partial charge in [-0.1, -0.05) is 30.8 Å². The number of hydrogen-bond acceptors (Lipinski definition) is 7. The molecule has 116 valence electrons. The molecule has 0 saturated carbocycles. The van der Waals surface area contributed by atoms with Crippen LogP contribution >= 0.6 is 11.8 Å². The van der Waals surface area contributed by atoms with Gasteiger partial charge in [0.1, 0.15) is 0 Å². The number of hydrogen-bond donors (Lipinski definition) is 0. The van der Waals surface area contributed by atoms with Crippen LogP contribution in [0.25, 0.3) is 5.78 Å². The fourth-order valence-corrected chi connectivity index (χ4v) is 2.79. The molecule has 3 rings (SSSR count).